The van der Waals surface area contributed by atoms with Crippen molar-refractivity contribution in [2.45, 2.75) is 114 Å². The van der Waals surface area contributed by atoms with Crippen molar-refractivity contribution >= 4 is 60.3 Å². The van der Waals surface area contributed by atoms with Gasteiger partial charge in [-0.2, -0.15) is 0 Å². The molecule has 11 N–H and O–H groups in total. The van der Waals surface area contributed by atoms with E-state index in [1.54, 1.807) is 10.9 Å². The van der Waals surface area contributed by atoms with Crippen LogP contribution in [0.25, 0.3) is 16.0 Å². The molecule has 3 radical (unpaired) electrons. The van der Waals surface area contributed by atoms with Gasteiger partial charge in [0.2, 0.25) is 0 Å². The number of ether oxygens (including phenoxy) is 3. The molecule has 34 heteroatoms. The third kappa shape index (κ3) is 61.3. The summed E-state index contributed by atoms with van der Waals surface area (Å²) in [6.07, 6.45) is 17.0. The van der Waals surface area contributed by atoms with Crippen LogP contribution in [0.5, 0.6) is 0 Å². The fraction of sp³-hybridized carbons (Fsp3) is 0.737. The molecule has 2 atom stereocenters. The van der Waals surface area contributed by atoms with Gasteiger partial charge in [-0.1, -0.05) is 78.9 Å². The summed E-state index contributed by atoms with van der Waals surface area (Å²) < 4.78 is 14.2. The first-order valence-corrected chi connectivity index (χ1v) is 24.6. The van der Waals surface area contributed by atoms with E-state index in [2.05, 4.69) is 94.4 Å². The van der Waals surface area contributed by atoms with Crippen LogP contribution in [0.3, 0.4) is 0 Å². The first-order valence-electron chi connectivity index (χ1n) is 20.8. The maximum Gasteiger partial charge on any atom is 1.00 e. The van der Waals surface area contributed by atoms with E-state index in [-0.39, 0.29) is 120 Å². The Labute approximate surface area is 458 Å². The minimum absolute atomic E-state index is 0. The van der Waals surface area contributed by atoms with E-state index in [0.29, 0.717) is 21.5 Å². The van der Waals surface area contributed by atoms with Crippen LogP contribution in [-0.4, -0.2) is 162 Å². The van der Waals surface area contributed by atoms with Crippen molar-refractivity contribution in [3.8, 4) is 12.3 Å². The zero-order valence-electron chi connectivity index (χ0n) is 40.1. The molecule has 1 aliphatic heterocycles. The van der Waals surface area contributed by atoms with Crippen LogP contribution >= 0.6 is 15.8 Å². The van der Waals surface area contributed by atoms with Gasteiger partial charge >= 0.3 is 68.9 Å². The van der Waals surface area contributed by atoms with Crippen molar-refractivity contribution in [2.24, 2.45) is 21.5 Å². The fourth-order valence-electron chi connectivity index (χ4n) is 4.49. The van der Waals surface area contributed by atoms with Crippen LogP contribution in [0.4, 0.5) is 9.59 Å². The number of nitro groups is 2. The number of aromatic amines is 1. The van der Waals surface area contributed by atoms with Gasteiger partial charge in [-0.25, -0.2) is 49.4 Å². The van der Waals surface area contributed by atoms with Crippen molar-refractivity contribution in [3.05, 3.63) is 48.1 Å². The molecular weight excluding hydrogens is 1360 g/mol. The van der Waals surface area contributed by atoms with E-state index >= 15 is 0 Å². The fourth-order valence-corrected chi connectivity index (χ4v) is 7.17. The summed E-state index contributed by atoms with van der Waals surface area (Å²) in [5.41, 5.74) is 27.4. The molecule has 0 spiro atoms. The average molecular weight is 1430 g/mol. The number of guanidine groups is 2. The number of nitrogens with two attached hydrogens (primary N) is 2. The Balaban J connectivity index is -0.000000106. The number of carboxylic acids is 2. The summed E-state index contributed by atoms with van der Waals surface area (Å²) >= 11 is 0. The van der Waals surface area contributed by atoms with Gasteiger partial charge in [0.15, 0.2) is 16.7 Å². The van der Waals surface area contributed by atoms with Crippen LogP contribution in [0.2, 0.25) is 0 Å². The molecule has 2 rings (SSSR count). The summed E-state index contributed by atoms with van der Waals surface area (Å²) in [6.45, 7) is 15.4. The van der Waals surface area contributed by atoms with Crippen molar-refractivity contribution in [2.75, 3.05) is 69.9 Å². The number of carbonyl (C=O) groups excluding carboxylic acids is 2. The Morgan fingerprint density at radius 3 is 1.44 bits per heavy atom. The molecule has 0 saturated carbocycles. The Kier molecular flexibility index (Phi) is 75.2. The second-order valence-electron chi connectivity index (χ2n) is 12.5. The van der Waals surface area contributed by atoms with E-state index < -0.39 is 58.2 Å². The van der Waals surface area contributed by atoms with Gasteiger partial charge in [-0.3, -0.25) is 10.0 Å². The van der Waals surface area contributed by atoms with E-state index in [1.165, 1.54) is 54.7 Å². The smallest absolute Gasteiger partial charge is 0.480 e. The number of carbonyl (C=O) groups is 4. The molecule has 2 amide bonds. The average Bonchev–Trinajstić information content (AvgIpc) is 4.05. The number of aromatic nitrogens is 3. The summed E-state index contributed by atoms with van der Waals surface area (Å²) in [6, 6.07) is -2.39. The Hall–Kier alpha value is -4.80. The zero-order valence-corrected chi connectivity index (χ0v) is 46.2. The molecule has 2 heterocycles. The first-order chi connectivity index (χ1) is 31.8. The number of hydrogen-bond acceptors (Lipinski definition) is 15. The molecule has 29 nitrogen and oxygen atoms in total. The SMILES string of the molecule is C.C.C#CCOC(=O)N[C@@H](CCCN=C(N)N[N+](=O)[O-])C(=O)O.C1CCOC1.CCP(CC)CC.CCP(CC)CC.NC(=NCCC[C@H](NC(=O)OCc1[c-]nn[nH]1)C(=O)O)N[N+](=O)[O-].[Au+].[Au+].[B].[N-]=[N+]=[N-]. The number of alkyl carbamates (subject to hydrolysis) is 2. The Bertz CT molecular complexity index is 1610. The minimum atomic E-state index is -1.26. The van der Waals surface area contributed by atoms with Gasteiger partial charge in [-0.05, 0) is 75.5 Å². The number of carboxylic acid groups (broad SMARTS) is 2. The van der Waals surface area contributed by atoms with Crippen LogP contribution in [0.1, 0.15) is 101 Å². The van der Waals surface area contributed by atoms with Gasteiger partial charge in [0.25, 0.3) is 11.9 Å². The van der Waals surface area contributed by atoms with Gasteiger partial charge in [-0.15, -0.1) is 27.5 Å². The first kappa shape index (κ1) is 86.9. The summed E-state index contributed by atoms with van der Waals surface area (Å²) in [5.74, 6) is -1.26. The van der Waals surface area contributed by atoms with Crippen LogP contribution in [-0.2, 0) is 75.2 Å². The Morgan fingerprint density at radius 1 is 0.833 bits per heavy atom. The van der Waals surface area contributed by atoms with Gasteiger partial charge in [0.05, 0.1) is 0 Å². The zero-order chi connectivity index (χ0) is 51.8. The minimum Gasteiger partial charge on any atom is -0.480 e. The molecule has 1 fully saturated rings. The third-order valence-electron chi connectivity index (χ3n) is 8.02. The Morgan fingerprint density at radius 2 is 1.19 bits per heavy atom. The van der Waals surface area contributed by atoms with Gasteiger partial charge in [0, 0.05) is 34.7 Å². The summed E-state index contributed by atoms with van der Waals surface area (Å²) in [4.78, 5) is 73.5. The summed E-state index contributed by atoms with van der Waals surface area (Å²) in [5, 5.41) is 49.7. The number of nitrogens with one attached hydrogen (secondary N) is 5. The number of hydrogen-bond donors (Lipinski definition) is 9. The van der Waals surface area contributed by atoms with E-state index in [0.717, 1.165) is 13.2 Å². The quantitative estimate of drug-likeness (QED) is 0.00594. The summed E-state index contributed by atoms with van der Waals surface area (Å²) in [7, 11) is 0.892. The molecule has 1 aliphatic rings. The number of aliphatic imine (C=N–C) groups is 2. The molecular formula is C38H76Au2BN16O13P2. The normalized spacial score (nSPS) is 11.3. The van der Waals surface area contributed by atoms with E-state index in [4.69, 9.17) is 48.6 Å². The third-order valence-corrected chi connectivity index (χ3v) is 13.4. The largest absolute Gasteiger partial charge is 1.00 e. The second kappa shape index (κ2) is 62.3. The predicted molar refractivity (Wildman–Crippen MR) is 273 cm³/mol. The maximum absolute atomic E-state index is 11.5. The van der Waals surface area contributed by atoms with E-state index in [1.807, 2.05) is 0 Å². The molecule has 421 valence electrons. The topological polar surface area (TPSA) is 448 Å². The predicted octanol–water partition coefficient (Wildman–Crippen LogP) is 4.44. The van der Waals surface area contributed by atoms with Gasteiger partial charge < -0.3 is 68.9 Å². The number of H-pyrrole nitrogens is 1. The van der Waals surface area contributed by atoms with E-state index in [9.17, 15) is 39.4 Å². The van der Waals surface area contributed by atoms with Crippen LogP contribution in [0, 0.1) is 38.8 Å². The van der Waals surface area contributed by atoms with Crippen molar-refractivity contribution in [3.63, 3.8) is 0 Å². The monoisotopic (exact) mass is 1430 g/mol. The number of hydrazine groups is 2. The molecule has 0 aromatic carbocycles. The second-order valence-corrected chi connectivity index (χ2v) is 19.0. The number of aliphatic carboxylic acids is 2. The van der Waals surface area contributed by atoms with Crippen molar-refractivity contribution < 1.29 is 98.4 Å². The molecule has 0 unspecified atom stereocenters. The molecule has 1 aromatic rings. The molecule has 1 saturated heterocycles. The van der Waals surface area contributed by atoms with Gasteiger partial charge in [0.1, 0.15) is 18.7 Å². The standard InChI is InChI=1S/C10H15N8O6.C10H15N5O6.2C6H15P.C4H8O.2CH4.2Au.B.N3/c11-9(16-18(22)23)12-3-1-2-7(8(19)20)14-10(21)24-5-6-4-13-17-15-6;1-2-6-21-10(18)13-7(8(16)17)4-3-5-12-9(11)14-15(19)20;2*1-4-7(5-2)6-3;1-2-4-5-3-1;;;;;;1-3-2/h7H,1-3,5H2,(H,14,21)(H,19,20)(H3,11,12,16)(H,13,15,17);1,7H,3-6H2,(H,13,18)(H,16,17)(H3,11,12,14);2*4-6H2,1-3H3;1-4H2;2*1H4;;;;/q-1;;;;;;;2*+1;;-1/t2*7-;;;;;;;;;/m00........./s1. The van der Waals surface area contributed by atoms with Crippen molar-refractivity contribution in [1.29, 1.82) is 0 Å². The van der Waals surface area contributed by atoms with Crippen molar-refractivity contribution in [1.82, 2.24) is 36.9 Å². The van der Waals surface area contributed by atoms with Crippen LogP contribution < -0.4 is 33.0 Å². The number of amides is 2. The van der Waals surface area contributed by atoms with Crippen LogP contribution in [0.15, 0.2) is 9.98 Å². The maximum atomic E-state index is 11.5. The molecule has 0 aliphatic carbocycles. The molecule has 0 bridgehead atoms. The number of nitrogens with zero attached hydrogens (tertiary/aromatic N) is 9. The number of terminal acetylenes is 1. The number of rotatable bonds is 23. The molecule has 72 heavy (non-hydrogen) atoms. The molecule has 1 aromatic heterocycles.